The zero-order valence-electron chi connectivity index (χ0n) is 12.7. The maximum Gasteiger partial charge on any atom is 0.161 e. The number of hydrogen-bond donors (Lipinski definition) is 1. The van der Waals surface area contributed by atoms with E-state index in [0.29, 0.717) is 31.1 Å². The highest BCUT2D eigenvalue weighted by atomic mass is 32.2. The largest absolute Gasteiger partial charge is 0.486 e. The van der Waals surface area contributed by atoms with Crippen molar-refractivity contribution in [3.63, 3.8) is 0 Å². The van der Waals surface area contributed by atoms with E-state index >= 15 is 0 Å². The molecule has 116 valence electrons. The van der Waals surface area contributed by atoms with Crippen LogP contribution in [0.15, 0.2) is 18.2 Å². The van der Waals surface area contributed by atoms with Crippen LogP contribution in [0.25, 0.3) is 0 Å². The smallest absolute Gasteiger partial charge is 0.161 e. The van der Waals surface area contributed by atoms with Gasteiger partial charge in [0.15, 0.2) is 11.5 Å². The van der Waals surface area contributed by atoms with Crippen LogP contribution in [-0.2, 0) is 0 Å². The normalized spacial score (nSPS) is 27.4. The monoisotopic (exact) mass is 308 g/mol. The molecule has 5 heteroatoms. The summed E-state index contributed by atoms with van der Waals surface area (Å²) in [6.07, 6.45) is 0. The van der Waals surface area contributed by atoms with Crippen LogP contribution in [0.5, 0.6) is 11.5 Å². The van der Waals surface area contributed by atoms with Gasteiger partial charge in [0.05, 0.1) is 0 Å². The topological polar surface area (TPSA) is 47.7 Å². The van der Waals surface area contributed by atoms with Crippen molar-refractivity contribution in [2.45, 2.75) is 31.2 Å². The fourth-order valence-electron chi connectivity index (χ4n) is 3.13. The Morgan fingerprint density at radius 2 is 2.05 bits per heavy atom. The van der Waals surface area contributed by atoms with Crippen molar-refractivity contribution in [1.29, 1.82) is 0 Å². The Labute approximate surface area is 131 Å². The predicted molar refractivity (Wildman–Crippen MR) is 87.3 cm³/mol. The lowest BCUT2D eigenvalue weighted by Gasteiger charge is -2.42. The number of rotatable bonds is 3. The van der Waals surface area contributed by atoms with Gasteiger partial charge in [-0.05, 0) is 24.6 Å². The number of ether oxygens (including phenoxy) is 2. The number of benzene rings is 1. The minimum atomic E-state index is 0.249. The molecule has 2 N–H and O–H groups in total. The zero-order valence-corrected chi connectivity index (χ0v) is 13.6. The SMILES string of the molecule is CC1SCCN(C(CN)c2ccc3c(c2)OCCO3)C1C. The quantitative estimate of drug-likeness (QED) is 0.928. The molecular weight excluding hydrogens is 284 g/mol. The van der Waals surface area contributed by atoms with E-state index in [2.05, 4.69) is 30.9 Å². The van der Waals surface area contributed by atoms with Crippen LogP contribution in [-0.4, -0.2) is 48.2 Å². The number of fused-ring (bicyclic) bond motifs is 1. The second-order valence-corrected chi connectivity index (χ2v) is 7.19. The van der Waals surface area contributed by atoms with Crippen LogP contribution in [0, 0.1) is 0 Å². The Morgan fingerprint density at radius 1 is 1.29 bits per heavy atom. The minimum Gasteiger partial charge on any atom is -0.486 e. The van der Waals surface area contributed by atoms with Crippen LogP contribution in [0.3, 0.4) is 0 Å². The molecule has 3 unspecified atom stereocenters. The standard InChI is InChI=1S/C16H24N2O2S/c1-11-12(2)21-8-5-18(11)14(10-17)13-3-4-15-16(9-13)20-7-6-19-15/h3-4,9,11-12,14H,5-8,10,17H2,1-2H3. The van der Waals surface area contributed by atoms with Crippen LogP contribution in [0.2, 0.25) is 0 Å². The van der Waals surface area contributed by atoms with E-state index in [4.69, 9.17) is 15.2 Å². The zero-order chi connectivity index (χ0) is 14.8. The van der Waals surface area contributed by atoms with E-state index in [-0.39, 0.29) is 6.04 Å². The fourth-order valence-corrected chi connectivity index (χ4v) is 4.25. The summed E-state index contributed by atoms with van der Waals surface area (Å²) in [5.74, 6) is 2.87. The third-order valence-electron chi connectivity index (χ3n) is 4.51. The molecule has 1 aromatic carbocycles. The van der Waals surface area contributed by atoms with Gasteiger partial charge in [-0.1, -0.05) is 13.0 Å². The molecule has 4 nitrogen and oxygen atoms in total. The first-order valence-electron chi connectivity index (χ1n) is 7.67. The Bertz CT molecular complexity index is 497. The van der Waals surface area contributed by atoms with Crippen molar-refractivity contribution < 1.29 is 9.47 Å². The molecule has 3 atom stereocenters. The molecule has 2 aliphatic heterocycles. The highest BCUT2D eigenvalue weighted by Gasteiger charge is 2.31. The van der Waals surface area contributed by atoms with Crippen molar-refractivity contribution in [3.05, 3.63) is 23.8 Å². The molecule has 0 spiro atoms. The molecule has 0 amide bonds. The van der Waals surface area contributed by atoms with Gasteiger partial charge in [0, 0.05) is 36.2 Å². The Hall–Kier alpha value is -0.910. The van der Waals surface area contributed by atoms with Gasteiger partial charge in [-0.25, -0.2) is 0 Å². The predicted octanol–water partition coefficient (Wildman–Crippen LogP) is 2.28. The molecule has 1 fully saturated rings. The average molecular weight is 308 g/mol. The summed E-state index contributed by atoms with van der Waals surface area (Å²) in [6, 6.07) is 7.03. The van der Waals surface area contributed by atoms with Crippen molar-refractivity contribution in [3.8, 4) is 11.5 Å². The molecule has 0 aromatic heterocycles. The van der Waals surface area contributed by atoms with Crippen LogP contribution >= 0.6 is 11.8 Å². The van der Waals surface area contributed by atoms with Crippen LogP contribution < -0.4 is 15.2 Å². The second kappa shape index (κ2) is 6.46. The molecule has 0 bridgehead atoms. The van der Waals surface area contributed by atoms with Crippen molar-refractivity contribution in [2.75, 3.05) is 32.1 Å². The Balaban J connectivity index is 1.85. The molecule has 2 aliphatic rings. The van der Waals surface area contributed by atoms with E-state index in [1.54, 1.807) is 0 Å². The minimum absolute atomic E-state index is 0.249. The summed E-state index contributed by atoms with van der Waals surface area (Å²) in [4.78, 5) is 2.53. The fraction of sp³-hybridized carbons (Fsp3) is 0.625. The number of nitrogens with two attached hydrogens (primary N) is 1. The molecule has 0 saturated carbocycles. The van der Waals surface area contributed by atoms with Crippen molar-refractivity contribution in [1.82, 2.24) is 4.90 Å². The molecular formula is C16H24N2O2S. The highest BCUT2D eigenvalue weighted by molar-refractivity contribution is 8.00. The summed E-state index contributed by atoms with van der Waals surface area (Å²) in [5.41, 5.74) is 7.33. The summed E-state index contributed by atoms with van der Waals surface area (Å²) in [6.45, 7) is 7.58. The second-order valence-electron chi connectivity index (χ2n) is 5.71. The highest BCUT2D eigenvalue weighted by Crippen LogP contribution is 2.36. The first kappa shape index (κ1) is 15.0. The van der Waals surface area contributed by atoms with Gasteiger partial charge in [-0.2, -0.15) is 11.8 Å². The van der Waals surface area contributed by atoms with Gasteiger partial charge in [-0.3, -0.25) is 4.90 Å². The lowest BCUT2D eigenvalue weighted by atomic mass is 10.0. The summed E-state index contributed by atoms with van der Waals surface area (Å²) in [5, 5.41) is 0.644. The van der Waals surface area contributed by atoms with E-state index in [1.165, 1.54) is 11.3 Å². The number of nitrogens with zero attached hydrogens (tertiary/aromatic N) is 1. The summed E-state index contributed by atoms with van der Waals surface area (Å²) in [7, 11) is 0. The molecule has 3 rings (SSSR count). The van der Waals surface area contributed by atoms with Crippen molar-refractivity contribution in [2.24, 2.45) is 5.73 Å². The summed E-state index contributed by atoms with van der Waals surface area (Å²) >= 11 is 2.05. The van der Waals surface area contributed by atoms with Crippen LogP contribution in [0.1, 0.15) is 25.5 Å². The third-order valence-corrected chi connectivity index (χ3v) is 5.85. The lowest BCUT2D eigenvalue weighted by molar-refractivity contribution is 0.148. The van der Waals surface area contributed by atoms with Gasteiger partial charge in [0.1, 0.15) is 13.2 Å². The number of thioether (sulfide) groups is 1. The number of hydrogen-bond acceptors (Lipinski definition) is 5. The maximum atomic E-state index is 6.10. The van der Waals surface area contributed by atoms with Gasteiger partial charge in [0.2, 0.25) is 0 Å². The molecule has 2 heterocycles. The maximum absolute atomic E-state index is 6.10. The molecule has 0 aliphatic carbocycles. The first-order chi connectivity index (χ1) is 10.2. The first-order valence-corrected chi connectivity index (χ1v) is 8.72. The van der Waals surface area contributed by atoms with Gasteiger partial charge >= 0.3 is 0 Å². The van der Waals surface area contributed by atoms with E-state index in [1.807, 2.05) is 17.8 Å². The summed E-state index contributed by atoms with van der Waals surface area (Å²) < 4.78 is 11.3. The Kier molecular flexibility index (Phi) is 4.62. The van der Waals surface area contributed by atoms with Gasteiger partial charge in [-0.15, -0.1) is 0 Å². The van der Waals surface area contributed by atoms with Crippen LogP contribution in [0.4, 0.5) is 0 Å². The van der Waals surface area contributed by atoms with Gasteiger partial charge in [0.25, 0.3) is 0 Å². The Morgan fingerprint density at radius 3 is 2.81 bits per heavy atom. The average Bonchev–Trinajstić information content (AvgIpc) is 2.52. The lowest BCUT2D eigenvalue weighted by Crippen LogP contribution is -2.48. The molecule has 1 saturated heterocycles. The third kappa shape index (κ3) is 3.00. The van der Waals surface area contributed by atoms with E-state index in [9.17, 15) is 0 Å². The molecule has 21 heavy (non-hydrogen) atoms. The van der Waals surface area contributed by atoms with E-state index < -0.39 is 0 Å². The van der Waals surface area contributed by atoms with Crippen molar-refractivity contribution >= 4 is 11.8 Å². The van der Waals surface area contributed by atoms with E-state index in [0.717, 1.165) is 18.0 Å². The van der Waals surface area contributed by atoms with Gasteiger partial charge < -0.3 is 15.2 Å². The molecule has 1 aromatic rings. The molecule has 0 radical (unpaired) electrons.